The van der Waals surface area contributed by atoms with Crippen LogP contribution < -0.4 is 10.9 Å². The molecule has 0 spiro atoms. The second-order valence-electron chi connectivity index (χ2n) is 4.30. The van der Waals surface area contributed by atoms with Gasteiger partial charge >= 0.3 is 6.18 Å². The molecule has 0 aliphatic heterocycles. The van der Waals surface area contributed by atoms with Crippen molar-refractivity contribution in [2.45, 2.75) is 32.7 Å². The Balaban J connectivity index is 2.72. The van der Waals surface area contributed by atoms with E-state index in [4.69, 9.17) is 4.74 Å². The van der Waals surface area contributed by atoms with Crippen molar-refractivity contribution < 1.29 is 17.9 Å². The first kappa shape index (κ1) is 17.0. The molecule has 1 aromatic rings. The Kier molecular flexibility index (Phi) is 6.00. The van der Waals surface area contributed by atoms with E-state index in [0.717, 1.165) is 0 Å². The second kappa shape index (κ2) is 7.07. The van der Waals surface area contributed by atoms with E-state index < -0.39 is 18.3 Å². The SMILES string of the molecule is CC(C)OCCNc1cnn(CC(F)(F)F)c(=O)c1Br. The van der Waals surface area contributed by atoms with Gasteiger partial charge in [-0.2, -0.15) is 18.3 Å². The number of halogens is 4. The van der Waals surface area contributed by atoms with Crippen LogP contribution in [0.15, 0.2) is 15.5 Å². The summed E-state index contributed by atoms with van der Waals surface area (Å²) >= 11 is 2.98. The fourth-order valence-electron chi connectivity index (χ4n) is 1.35. The van der Waals surface area contributed by atoms with Crippen LogP contribution >= 0.6 is 15.9 Å². The van der Waals surface area contributed by atoms with Crippen molar-refractivity contribution in [3.05, 3.63) is 21.0 Å². The number of nitrogens with zero attached hydrogens (tertiary/aromatic N) is 2. The molecule has 0 saturated carbocycles. The van der Waals surface area contributed by atoms with Crippen LogP contribution in [0.3, 0.4) is 0 Å². The van der Waals surface area contributed by atoms with E-state index >= 15 is 0 Å². The Hall–Kier alpha value is -1.09. The molecule has 0 atom stereocenters. The molecule has 0 saturated heterocycles. The van der Waals surface area contributed by atoms with Gasteiger partial charge in [0, 0.05) is 6.54 Å². The number of nitrogens with one attached hydrogen (secondary N) is 1. The lowest BCUT2D eigenvalue weighted by molar-refractivity contribution is -0.143. The molecule has 1 heterocycles. The monoisotopic (exact) mass is 357 g/mol. The third kappa shape index (κ3) is 5.49. The van der Waals surface area contributed by atoms with E-state index in [9.17, 15) is 18.0 Å². The number of hydrogen-bond donors (Lipinski definition) is 1. The van der Waals surface area contributed by atoms with Crippen molar-refractivity contribution in [1.29, 1.82) is 0 Å². The average molecular weight is 358 g/mol. The summed E-state index contributed by atoms with van der Waals surface area (Å²) < 4.78 is 42.4. The molecule has 0 aliphatic carbocycles. The van der Waals surface area contributed by atoms with Crippen LogP contribution in [0.5, 0.6) is 0 Å². The Bertz CT molecular complexity index is 503. The van der Waals surface area contributed by atoms with Gasteiger partial charge in [0.05, 0.1) is 24.6 Å². The molecule has 0 unspecified atom stereocenters. The van der Waals surface area contributed by atoms with Crippen LogP contribution in [0.2, 0.25) is 0 Å². The minimum atomic E-state index is -4.49. The number of anilines is 1. The van der Waals surface area contributed by atoms with Crippen LogP contribution in [0.25, 0.3) is 0 Å². The highest BCUT2D eigenvalue weighted by Gasteiger charge is 2.29. The fourth-order valence-corrected chi connectivity index (χ4v) is 1.80. The molecule has 1 rings (SSSR count). The van der Waals surface area contributed by atoms with E-state index in [1.165, 1.54) is 6.20 Å². The van der Waals surface area contributed by atoms with Crippen LogP contribution in [0, 0.1) is 0 Å². The van der Waals surface area contributed by atoms with E-state index in [2.05, 4.69) is 26.3 Å². The molecule has 0 aromatic carbocycles. The normalized spacial score (nSPS) is 11.9. The van der Waals surface area contributed by atoms with Crippen LogP contribution in [0.4, 0.5) is 18.9 Å². The zero-order valence-electron chi connectivity index (χ0n) is 11.0. The third-order valence-corrected chi connectivity index (χ3v) is 2.95. The number of rotatable bonds is 6. The lowest BCUT2D eigenvalue weighted by Gasteiger charge is -2.12. The molecule has 9 heteroatoms. The highest BCUT2D eigenvalue weighted by molar-refractivity contribution is 9.10. The van der Waals surface area contributed by atoms with E-state index in [-0.39, 0.29) is 10.6 Å². The summed E-state index contributed by atoms with van der Waals surface area (Å²) in [7, 11) is 0. The second-order valence-corrected chi connectivity index (χ2v) is 5.09. The van der Waals surface area contributed by atoms with Gasteiger partial charge in [0.2, 0.25) is 0 Å². The molecule has 0 bridgehead atoms. The molecule has 0 amide bonds. The van der Waals surface area contributed by atoms with Crippen molar-refractivity contribution in [2.75, 3.05) is 18.5 Å². The summed E-state index contributed by atoms with van der Waals surface area (Å²) in [6, 6.07) is 0. The van der Waals surface area contributed by atoms with Crippen molar-refractivity contribution in [3.8, 4) is 0 Å². The van der Waals surface area contributed by atoms with E-state index in [1.54, 1.807) is 0 Å². The summed E-state index contributed by atoms with van der Waals surface area (Å²) in [6.45, 7) is 3.18. The maximum atomic E-state index is 12.2. The lowest BCUT2D eigenvalue weighted by atomic mass is 10.4. The summed E-state index contributed by atoms with van der Waals surface area (Å²) in [5, 5.41) is 6.36. The van der Waals surface area contributed by atoms with Crippen molar-refractivity contribution in [3.63, 3.8) is 0 Å². The predicted molar refractivity (Wildman–Crippen MR) is 71.8 cm³/mol. The largest absolute Gasteiger partial charge is 0.408 e. The first-order valence-corrected chi connectivity index (χ1v) is 6.68. The van der Waals surface area contributed by atoms with Gasteiger partial charge in [0.25, 0.3) is 5.56 Å². The van der Waals surface area contributed by atoms with Gasteiger partial charge in [-0.25, -0.2) is 4.68 Å². The molecular weight excluding hydrogens is 343 g/mol. The summed E-state index contributed by atoms with van der Waals surface area (Å²) in [4.78, 5) is 11.7. The first-order valence-electron chi connectivity index (χ1n) is 5.88. The van der Waals surface area contributed by atoms with Gasteiger partial charge in [-0.05, 0) is 29.8 Å². The summed E-state index contributed by atoms with van der Waals surface area (Å²) in [5.74, 6) is 0. The first-order chi connectivity index (χ1) is 9.20. The van der Waals surface area contributed by atoms with Gasteiger partial charge in [-0.3, -0.25) is 4.79 Å². The molecule has 0 aliphatic rings. The summed E-state index contributed by atoms with van der Waals surface area (Å²) in [6.07, 6.45) is -3.23. The van der Waals surface area contributed by atoms with E-state index in [1.807, 2.05) is 13.8 Å². The maximum absolute atomic E-state index is 12.2. The third-order valence-electron chi connectivity index (χ3n) is 2.18. The van der Waals surface area contributed by atoms with Crippen LogP contribution in [-0.4, -0.2) is 35.2 Å². The molecule has 0 fully saturated rings. The van der Waals surface area contributed by atoms with Crippen molar-refractivity contribution in [1.82, 2.24) is 9.78 Å². The van der Waals surface area contributed by atoms with Gasteiger partial charge in [-0.15, -0.1) is 0 Å². The van der Waals surface area contributed by atoms with Crippen molar-refractivity contribution >= 4 is 21.6 Å². The zero-order chi connectivity index (χ0) is 15.3. The zero-order valence-corrected chi connectivity index (χ0v) is 12.6. The lowest BCUT2D eigenvalue weighted by Crippen LogP contribution is -2.31. The Morgan fingerprint density at radius 2 is 2.15 bits per heavy atom. The molecule has 1 aromatic heterocycles. The number of hydrogen-bond acceptors (Lipinski definition) is 4. The number of aromatic nitrogens is 2. The highest BCUT2D eigenvalue weighted by Crippen LogP contribution is 2.19. The molecule has 1 N–H and O–H groups in total. The van der Waals surface area contributed by atoms with Gasteiger partial charge in [0.15, 0.2) is 0 Å². The molecule has 114 valence electrons. The Morgan fingerprint density at radius 3 is 2.70 bits per heavy atom. The van der Waals surface area contributed by atoms with Crippen molar-refractivity contribution in [2.24, 2.45) is 0 Å². The highest BCUT2D eigenvalue weighted by atomic mass is 79.9. The minimum Gasteiger partial charge on any atom is -0.380 e. The molecule has 0 radical (unpaired) electrons. The van der Waals surface area contributed by atoms with Crippen LogP contribution in [-0.2, 0) is 11.3 Å². The number of alkyl halides is 3. The Labute approximate surface area is 122 Å². The standard InChI is InChI=1S/C11H15BrF3N3O2/c1-7(2)20-4-3-16-8-5-17-18(6-11(13,14)15)10(19)9(8)12/h5,7,16H,3-4,6H2,1-2H3. The molecule has 5 nitrogen and oxygen atoms in total. The smallest absolute Gasteiger partial charge is 0.380 e. The minimum absolute atomic E-state index is 0.0151. The predicted octanol–water partition coefficient (Wildman–Crippen LogP) is 2.41. The van der Waals surface area contributed by atoms with Crippen LogP contribution in [0.1, 0.15) is 13.8 Å². The van der Waals surface area contributed by atoms with E-state index in [0.29, 0.717) is 23.5 Å². The summed E-state index contributed by atoms with van der Waals surface area (Å²) in [5.41, 5.74) is -0.502. The van der Waals surface area contributed by atoms with Gasteiger partial charge in [0.1, 0.15) is 11.0 Å². The maximum Gasteiger partial charge on any atom is 0.408 e. The van der Waals surface area contributed by atoms with Gasteiger partial charge in [-0.1, -0.05) is 0 Å². The average Bonchev–Trinajstić information content (AvgIpc) is 2.31. The number of ether oxygens (including phenoxy) is 1. The topological polar surface area (TPSA) is 56.1 Å². The molecule has 20 heavy (non-hydrogen) atoms. The molecular formula is C11H15BrF3N3O2. The van der Waals surface area contributed by atoms with Gasteiger partial charge < -0.3 is 10.1 Å². The quantitative estimate of drug-likeness (QED) is 0.794. The Morgan fingerprint density at radius 1 is 1.50 bits per heavy atom. The fraction of sp³-hybridized carbons (Fsp3) is 0.636.